The van der Waals surface area contributed by atoms with Gasteiger partial charge in [0.1, 0.15) is 5.00 Å². The van der Waals surface area contributed by atoms with E-state index in [0.717, 1.165) is 47.4 Å². The highest BCUT2D eigenvalue weighted by atomic mass is 32.2. The molecule has 3 aromatic rings. The number of hydrazone groups is 1. The maximum atomic E-state index is 12.7. The number of thioether (sulfide) groups is 1. The quantitative estimate of drug-likeness (QED) is 0.157. The Morgan fingerprint density at radius 2 is 2.08 bits per heavy atom. The van der Waals surface area contributed by atoms with Crippen LogP contribution >= 0.6 is 23.1 Å². The minimum Gasteiger partial charge on any atom is -0.462 e. The molecule has 37 heavy (non-hydrogen) atoms. The van der Waals surface area contributed by atoms with Crippen LogP contribution in [-0.4, -0.2) is 51.9 Å². The van der Waals surface area contributed by atoms with E-state index in [2.05, 4.69) is 31.0 Å². The molecule has 0 fully saturated rings. The van der Waals surface area contributed by atoms with Gasteiger partial charge in [-0.15, -0.1) is 16.4 Å². The van der Waals surface area contributed by atoms with E-state index in [9.17, 15) is 9.59 Å². The number of H-pyrrole nitrogens is 1. The summed E-state index contributed by atoms with van der Waals surface area (Å²) in [4.78, 5) is 30.7. The number of nitrogens with one attached hydrogen (secondary N) is 3. The number of fused-ring (bicyclic) bond motifs is 2. The van der Waals surface area contributed by atoms with Gasteiger partial charge in [-0.1, -0.05) is 11.8 Å². The molecule has 1 aliphatic heterocycles. The van der Waals surface area contributed by atoms with Gasteiger partial charge in [-0.2, -0.15) is 10.1 Å². The lowest BCUT2D eigenvalue weighted by Crippen LogP contribution is -2.17. The van der Waals surface area contributed by atoms with Crippen LogP contribution in [0.4, 0.5) is 10.9 Å². The highest BCUT2D eigenvalue weighted by Gasteiger charge is 2.27. The maximum absolute atomic E-state index is 12.7. The average Bonchev–Trinajstić information content (AvgIpc) is 3.63. The molecule has 5 rings (SSSR count). The summed E-state index contributed by atoms with van der Waals surface area (Å²) in [6.45, 7) is 4.13. The minimum absolute atomic E-state index is 0.0849. The summed E-state index contributed by atoms with van der Waals surface area (Å²) < 4.78 is 16.0. The Labute approximate surface area is 221 Å². The van der Waals surface area contributed by atoms with Crippen molar-refractivity contribution in [1.29, 1.82) is 0 Å². The first-order valence-electron chi connectivity index (χ1n) is 11.9. The van der Waals surface area contributed by atoms with Gasteiger partial charge in [-0.25, -0.2) is 15.3 Å². The summed E-state index contributed by atoms with van der Waals surface area (Å²) in [6.07, 6.45) is 3.86. The summed E-state index contributed by atoms with van der Waals surface area (Å²) >= 11 is 2.64. The normalized spacial score (nSPS) is 14.3. The summed E-state index contributed by atoms with van der Waals surface area (Å²) in [7, 11) is 0. The lowest BCUT2D eigenvalue weighted by atomic mass is 9.95. The highest BCUT2D eigenvalue weighted by molar-refractivity contribution is 7.99. The third kappa shape index (κ3) is 5.72. The summed E-state index contributed by atoms with van der Waals surface area (Å²) in [6, 6.07) is 5.60. The lowest BCUT2D eigenvalue weighted by Gasteiger charge is -2.12. The molecule has 0 saturated carbocycles. The third-order valence-corrected chi connectivity index (χ3v) is 7.88. The molecule has 0 atom stereocenters. The number of rotatable bonds is 9. The van der Waals surface area contributed by atoms with Crippen molar-refractivity contribution in [3.8, 4) is 11.5 Å². The topological polar surface area (TPSA) is 140 Å². The number of carbonyl (C=O) groups excluding carboxylic acids is 2. The van der Waals surface area contributed by atoms with E-state index in [1.54, 1.807) is 6.92 Å². The van der Waals surface area contributed by atoms with Crippen LogP contribution < -0.4 is 20.2 Å². The molecule has 1 amide bonds. The molecule has 3 N–H and O–H groups in total. The zero-order valence-electron chi connectivity index (χ0n) is 20.4. The van der Waals surface area contributed by atoms with E-state index in [1.807, 2.05) is 25.1 Å². The average molecular weight is 543 g/mol. The predicted molar refractivity (Wildman–Crippen MR) is 141 cm³/mol. The Balaban J connectivity index is 1.17. The van der Waals surface area contributed by atoms with Crippen LogP contribution in [-0.2, 0) is 22.4 Å². The Kier molecular flexibility index (Phi) is 7.60. The van der Waals surface area contributed by atoms with Gasteiger partial charge >= 0.3 is 5.97 Å². The Bertz CT molecular complexity index is 1350. The van der Waals surface area contributed by atoms with Gasteiger partial charge in [-0.05, 0) is 63.3 Å². The molecule has 0 spiro atoms. The number of anilines is 2. The van der Waals surface area contributed by atoms with Crippen LogP contribution in [0.5, 0.6) is 11.5 Å². The van der Waals surface area contributed by atoms with E-state index < -0.39 is 0 Å². The first-order valence-corrected chi connectivity index (χ1v) is 13.7. The van der Waals surface area contributed by atoms with Crippen molar-refractivity contribution in [2.45, 2.75) is 44.7 Å². The molecular weight excluding hydrogens is 516 g/mol. The molecule has 1 aliphatic carbocycles. The van der Waals surface area contributed by atoms with Gasteiger partial charge in [0.25, 0.3) is 0 Å². The number of esters is 1. The number of aryl methyl sites for hydroxylation is 1. The summed E-state index contributed by atoms with van der Waals surface area (Å²) in [5.74, 6) is 1.19. The molecule has 0 radical (unpaired) electrons. The molecule has 1 aromatic carbocycles. The number of aromatic amines is 1. The smallest absolute Gasteiger partial charge is 0.341 e. The van der Waals surface area contributed by atoms with Crippen molar-refractivity contribution >= 4 is 51.6 Å². The lowest BCUT2D eigenvalue weighted by molar-refractivity contribution is -0.113. The van der Waals surface area contributed by atoms with E-state index in [4.69, 9.17) is 14.2 Å². The molecule has 13 heteroatoms. The largest absolute Gasteiger partial charge is 0.462 e. The van der Waals surface area contributed by atoms with Gasteiger partial charge in [-0.3, -0.25) is 4.79 Å². The SMILES string of the molecule is CCOC(=O)c1c(NC(=O)CSc2n[nH]c(N/N=C(\C)c3ccc4c(c3)OCO4)n2)sc2c1CCCC2. The van der Waals surface area contributed by atoms with Gasteiger partial charge in [0.2, 0.25) is 23.8 Å². The second-order valence-electron chi connectivity index (χ2n) is 8.32. The van der Waals surface area contributed by atoms with E-state index in [-0.39, 0.29) is 31.0 Å². The summed E-state index contributed by atoms with van der Waals surface area (Å²) in [5, 5.41) is 15.1. The van der Waals surface area contributed by atoms with Crippen molar-refractivity contribution in [1.82, 2.24) is 15.2 Å². The molecule has 11 nitrogen and oxygen atoms in total. The van der Waals surface area contributed by atoms with Crippen molar-refractivity contribution in [3.05, 3.63) is 39.8 Å². The van der Waals surface area contributed by atoms with Crippen LogP contribution in [0.2, 0.25) is 0 Å². The zero-order chi connectivity index (χ0) is 25.8. The second-order valence-corrected chi connectivity index (χ2v) is 10.4. The molecule has 2 aromatic heterocycles. The molecule has 194 valence electrons. The number of benzene rings is 1. The van der Waals surface area contributed by atoms with Crippen molar-refractivity contribution < 1.29 is 23.8 Å². The van der Waals surface area contributed by atoms with E-state index in [1.165, 1.54) is 23.1 Å². The third-order valence-electron chi connectivity index (χ3n) is 5.82. The molecule has 0 bridgehead atoms. The predicted octanol–water partition coefficient (Wildman–Crippen LogP) is 4.22. The van der Waals surface area contributed by atoms with Crippen LogP contribution in [0.15, 0.2) is 28.5 Å². The number of hydrogen-bond acceptors (Lipinski definition) is 11. The van der Waals surface area contributed by atoms with Crippen LogP contribution in [0.1, 0.15) is 53.1 Å². The summed E-state index contributed by atoms with van der Waals surface area (Å²) in [5.41, 5.74) is 5.95. The first kappa shape index (κ1) is 25.1. The fraction of sp³-hybridized carbons (Fsp3) is 0.375. The maximum Gasteiger partial charge on any atom is 0.341 e. The molecular formula is C24H26N6O5S2. The Hall–Kier alpha value is -3.58. The van der Waals surface area contributed by atoms with E-state index >= 15 is 0 Å². The van der Waals surface area contributed by atoms with Gasteiger partial charge in [0.15, 0.2) is 11.5 Å². The number of hydrogen-bond donors (Lipinski definition) is 3. The van der Waals surface area contributed by atoms with Crippen molar-refractivity contribution in [2.24, 2.45) is 5.10 Å². The molecule has 2 aliphatic rings. The number of nitrogens with zero attached hydrogens (tertiary/aromatic N) is 3. The Morgan fingerprint density at radius 3 is 2.95 bits per heavy atom. The fourth-order valence-corrected chi connectivity index (χ4v) is 5.94. The number of carbonyl (C=O) groups is 2. The Morgan fingerprint density at radius 1 is 1.24 bits per heavy atom. The van der Waals surface area contributed by atoms with Crippen LogP contribution in [0, 0.1) is 0 Å². The van der Waals surface area contributed by atoms with Gasteiger partial charge in [0, 0.05) is 10.4 Å². The molecule has 0 saturated heterocycles. The van der Waals surface area contributed by atoms with Crippen molar-refractivity contribution in [2.75, 3.05) is 29.9 Å². The van der Waals surface area contributed by atoms with E-state index in [0.29, 0.717) is 33.2 Å². The standard InChI is InChI=1S/C24H26N6O5S2/c1-3-33-22(32)20-15-6-4-5-7-18(15)37-21(20)25-19(31)11-36-24-26-23(29-30-24)28-27-13(2)14-8-9-16-17(10-14)35-12-34-16/h8-10H,3-7,11-12H2,1-2H3,(H,25,31)(H2,26,28,29,30)/b27-13+. The number of ether oxygens (including phenoxy) is 3. The fourth-order valence-electron chi connectivity index (χ4n) is 4.05. The second kappa shape index (κ2) is 11.2. The highest BCUT2D eigenvalue weighted by Crippen LogP contribution is 2.39. The van der Waals surface area contributed by atoms with Gasteiger partial charge < -0.3 is 19.5 Å². The number of amides is 1. The number of thiophene rings is 1. The first-order chi connectivity index (χ1) is 18.0. The zero-order valence-corrected chi connectivity index (χ0v) is 22.0. The van der Waals surface area contributed by atoms with Crippen LogP contribution in [0.25, 0.3) is 0 Å². The minimum atomic E-state index is -0.383. The van der Waals surface area contributed by atoms with Crippen LogP contribution in [0.3, 0.4) is 0 Å². The molecule has 0 unspecified atom stereocenters. The van der Waals surface area contributed by atoms with Crippen molar-refractivity contribution in [3.63, 3.8) is 0 Å². The van der Waals surface area contributed by atoms with Gasteiger partial charge in [0.05, 0.1) is 23.6 Å². The number of aromatic nitrogens is 3. The molecule has 3 heterocycles. The monoisotopic (exact) mass is 542 g/mol.